The van der Waals surface area contributed by atoms with Gasteiger partial charge in [0.1, 0.15) is 11.4 Å². The van der Waals surface area contributed by atoms with Crippen LogP contribution in [0.2, 0.25) is 0 Å². The van der Waals surface area contributed by atoms with Gasteiger partial charge < -0.3 is 26.0 Å². The van der Waals surface area contributed by atoms with Crippen LogP contribution in [0.15, 0.2) is 54.6 Å². The molecule has 4 N–H and O–H groups in total. The maximum atomic E-state index is 14.8. The third-order valence-electron chi connectivity index (χ3n) is 7.35. The number of β-amino-alcohol motifs (C(OH)–C–C–N with tert-alkyl or cyclic N) is 1. The number of anilines is 3. The molecule has 1 atom stereocenters. The van der Waals surface area contributed by atoms with Crippen molar-refractivity contribution in [2.75, 3.05) is 43.4 Å². The van der Waals surface area contributed by atoms with Crippen molar-refractivity contribution in [2.45, 2.75) is 31.3 Å². The van der Waals surface area contributed by atoms with E-state index in [-0.39, 0.29) is 24.3 Å². The number of hydrogen-bond acceptors (Lipinski definition) is 5. The molecule has 3 aromatic carbocycles. The highest BCUT2D eigenvalue weighted by Gasteiger charge is 2.44. The first-order valence-corrected chi connectivity index (χ1v) is 12.9. The molecule has 1 unspecified atom stereocenters. The number of hydrogen-bond donors (Lipinski definition) is 4. The number of likely N-dealkylation sites (tertiary alicyclic amines) is 1. The van der Waals surface area contributed by atoms with E-state index in [1.807, 2.05) is 19.1 Å². The van der Waals surface area contributed by atoms with Crippen LogP contribution in [0.3, 0.4) is 0 Å². The van der Waals surface area contributed by atoms with Crippen LogP contribution in [-0.4, -0.2) is 54.2 Å². The van der Waals surface area contributed by atoms with Crippen LogP contribution in [0.4, 0.5) is 30.2 Å². The smallest absolute Gasteiger partial charge is 0.256 e. The van der Waals surface area contributed by atoms with E-state index in [2.05, 4.69) is 28.1 Å². The number of fused-ring (bicyclic) bond motifs is 1. The predicted molar refractivity (Wildman–Crippen MR) is 141 cm³/mol. The molecule has 0 aliphatic carbocycles. The molecule has 200 valence electrons. The van der Waals surface area contributed by atoms with Gasteiger partial charge in [0.2, 0.25) is 0 Å². The van der Waals surface area contributed by atoms with E-state index in [1.165, 1.54) is 28.7 Å². The molecule has 38 heavy (non-hydrogen) atoms. The van der Waals surface area contributed by atoms with Crippen LogP contribution in [0, 0.1) is 17.5 Å². The lowest BCUT2D eigenvalue weighted by molar-refractivity contribution is -0.0784. The summed E-state index contributed by atoms with van der Waals surface area (Å²) in [5.41, 5.74) is 1.46. The molecule has 1 amide bonds. The van der Waals surface area contributed by atoms with Gasteiger partial charge in [0, 0.05) is 24.7 Å². The highest BCUT2D eigenvalue weighted by Crippen LogP contribution is 2.34. The van der Waals surface area contributed by atoms with E-state index >= 15 is 0 Å². The van der Waals surface area contributed by atoms with Crippen LogP contribution in [0.1, 0.15) is 40.7 Å². The lowest BCUT2D eigenvalue weighted by Gasteiger charge is -2.46. The van der Waals surface area contributed by atoms with E-state index in [4.69, 9.17) is 0 Å². The van der Waals surface area contributed by atoms with Gasteiger partial charge in [0.15, 0.2) is 11.6 Å². The zero-order chi connectivity index (χ0) is 26.9. The first-order valence-electron chi connectivity index (χ1n) is 12.9. The van der Waals surface area contributed by atoms with Crippen LogP contribution in [0.5, 0.6) is 0 Å². The predicted octanol–water partition coefficient (Wildman–Crippen LogP) is 4.79. The largest absolute Gasteiger partial charge is 0.385 e. The number of benzene rings is 3. The van der Waals surface area contributed by atoms with E-state index in [9.17, 15) is 23.1 Å². The van der Waals surface area contributed by atoms with Gasteiger partial charge in [-0.25, -0.2) is 13.2 Å². The zero-order valence-corrected chi connectivity index (χ0v) is 21.2. The molecule has 0 radical (unpaired) electrons. The fourth-order valence-corrected chi connectivity index (χ4v) is 5.17. The molecule has 5 rings (SSSR count). The maximum absolute atomic E-state index is 14.8. The van der Waals surface area contributed by atoms with Gasteiger partial charge in [-0.1, -0.05) is 31.2 Å². The summed E-state index contributed by atoms with van der Waals surface area (Å²) >= 11 is 0. The molecule has 0 spiro atoms. The SMILES string of the molecule is CCc1ccc(Nc2c(C(=O)N3CC(O)(CNCCC4CNc5ccccc54)C3)ccc(F)c2F)c(F)c1. The Hall–Kier alpha value is -3.56. The minimum atomic E-state index is -1.27. The first-order chi connectivity index (χ1) is 18.3. The molecule has 6 nitrogen and oxygen atoms in total. The number of para-hydroxylation sites is 1. The fourth-order valence-electron chi connectivity index (χ4n) is 5.17. The molecule has 2 aliphatic rings. The summed E-state index contributed by atoms with van der Waals surface area (Å²) in [7, 11) is 0. The molecule has 0 bridgehead atoms. The maximum Gasteiger partial charge on any atom is 0.256 e. The fraction of sp³-hybridized carbons (Fsp3) is 0.345. The van der Waals surface area contributed by atoms with Gasteiger partial charge in [-0.05, 0) is 60.8 Å². The summed E-state index contributed by atoms with van der Waals surface area (Å²) in [4.78, 5) is 14.5. The molecule has 0 saturated carbocycles. The Morgan fingerprint density at radius 2 is 1.89 bits per heavy atom. The van der Waals surface area contributed by atoms with Crippen molar-refractivity contribution in [2.24, 2.45) is 0 Å². The average Bonchev–Trinajstić information content (AvgIpc) is 3.31. The van der Waals surface area contributed by atoms with Crippen LogP contribution >= 0.6 is 0 Å². The van der Waals surface area contributed by atoms with Crippen molar-refractivity contribution in [1.82, 2.24) is 10.2 Å². The van der Waals surface area contributed by atoms with Crippen molar-refractivity contribution in [1.29, 1.82) is 0 Å². The Bertz CT molecular complexity index is 1340. The Labute approximate surface area is 219 Å². The van der Waals surface area contributed by atoms with Crippen LogP contribution in [-0.2, 0) is 6.42 Å². The Morgan fingerprint density at radius 3 is 2.66 bits per heavy atom. The van der Waals surface area contributed by atoms with Gasteiger partial charge in [-0.15, -0.1) is 0 Å². The van der Waals surface area contributed by atoms with Crippen molar-refractivity contribution in [3.8, 4) is 0 Å². The lowest BCUT2D eigenvalue weighted by Crippen LogP contribution is -2.67. The molecular weight excluding hydrogens is 493 g/mol. The number of halogens is 3. The average molecular weight is 525 g/mol. The normalized spacial score (nSPS) is 17.5. The third kappa shape index (κ3) is 5.21. The number of aryl methyl sites for hydroxylation is 1. The third-order valence-corrected chi connectivity index (χ3v) is 7.35. The standard InChI is InChI=1S/C29H31F3N4O2/c1-2-18-7-10-25(23(31)13-18)35-27-21(8-9-22(30)26(27)32)28(37)36-16-29(38,17-36)15-33-12-11-19-14-34-24-6-4-3-5-20(19)24/h3-10,13,19,33-35,38H,2,11-12,14-17H2,1H3. The molecule has 9 heteroatoms. The number of nitrogens with one attached hydrogen (secondary N) is 3. The quantitative estimate of drug-likeness (QED) is 0.303. The van der Waals surface area contributed by atoms with Crippen LogP contribution in [0.25, 0.3) is 0 Å². The van der Waals surface area contributed by atoms with Gasteiger partial charge in [-0.2, -0.15) is 0 Å². The second-order valence-electron chi connectivity index (χ2n) is 10.1. The molecule has 2 heterocycles. The second kappa shape index (κ2) is 10.7. The van der Waals surface area contributed by atoms with E-state index in [0.717, 1.165) is 30.3 Å². The van der Waals surface area contributed by atoms with Crippen molar-refractivity contribution in [3.63, 3.8) is 0 Å². The molecular formula is C29H31F3N4O2. The Balaban J connectivity index is 1.19. The number of carbonyl (C=O) groups excluding carboxylic acids is 1. The molecule has 3 aromatic rings. The number of nitrogens with zero attached hydrogens (tertiary/aromatic N) is 1. The van der Waals surface area contributed by atoms with E-state index in [0.29, 0.717) is 25.4 Å². The van der Waals surface area contributed by atoms with Crippen molar-refractivity contribution in [3.05, 3.63) is 88.7 Å². The lowest BCUT2D eigenvalue weighted by atomic mass is 9.92. The minimum Gasteiger partial charge on any atom is -0.385 e. The first kappa shape index (κ1) is 26.1. The van der Waals surface area contributed by atoms with Gasteiger partial charge >= 0.3 is 0 Å². The van der Waals surface area contributed by atoms with Crippen molar-refractivity contribution < 1.29 is 23.1 Å². The van der Waals surface area contributed by atoms with Gasteiger partial charge in [0.25, 0.3) is 5.91 Å². The molecule has 0 aromatic heterocycles. The Morgan fingerprint density at radius 1 is 1.11 bits per heavy atom. The highest BCUT2D eigenvalue weighted by molar-refractivity contribution is 6.01. The summed E-state index contributed by atoms with van der Waals surface area (Å²) in [6, 6.07) is 14.7. The second-order valence-corrected chi connectivity index (χ2v) is 10.1. The van der Waals surface area contributed by atoms with Crippen molar-refractivity contribution >= 4 is 23.0 Å². The monoisotopic (exact) mass is 524 g/mol. The Kier molecular flexibility index (Phi) is 7.32. The summed E-state index contributed by atoms with van der Waals surface area (Å²) in [6.07, 6.45) is 1.52. The summed E-state index contributed by atoms with van der Waals surface area (Å²) in [5.74, 6) is -3.23. The summed E-state index contributed by atoms with van der Waals surface area (Å²) in [5, 5.41) is 20.1. The topological polar surface area (TPSA) is 76.6 Å². The van der Waals surface area contributed by atoms with E-state index < -0.39 is 34.6 Å². The number of amides is 1. The molecule has 1 saturated heterocycles. The van der Waals surface area contributed by atoms with Gasteiger partial charge in [-0.3, -0.25) is 4.79 Å². The minimum absolute atomic E-state index is 0.0463. The number of rotatable bonds is 9. The van der Waals surface area contributed by atoms with E-state index in [1.54, 1.807) is 6.07 Å². The van der Waals surface area contributed by atoms with Gasteiger partial charge in [0.05, 0.1) is 30.0 Å². The summed E-state index contributed by atoms with van der Waals surface area (Å²) in [6.45, 7) is 3.86. The number of carbonyl (C=O) groups is 1. The number of aliphatic hydroxyl groups is 1. The summed E-state index contributed by atoms with van der Waals surface area (Å²) < 4.78 is 43.3. The highest BCUT2D eigenvalue weighted by atomic mass is 19.2. The molecule has 2 aliphatic heterocycles. The molecule has 1 fully saturated rings. The van der Waals surface area contributed by atoms with Crippen LogP contribution < -0.4 is 16.0 Å². The zero-order valence-electron chi connectivity index (χ0n) is 21.2.